The standard InChI is InChI=1S/C11H9BrN2O3/c1-17-11(16)9-6-10(15)14(13-9)8-4-2-3-7(12)5-8/h2-6,13H,1H3. The molecule has 0 atom stereocenters. The van der Waals surface area contributed by atoms with Crippen molar-refractivity contribution < 1.29 is 9.53 Å². The number of carbonyl (C=O) groups is 1. The fraction of sp³-hybridized carbons (Fsp3) is 0.0909. The molecule has 1 heterocycles. The van der Waals surface area contributed by atoms with Crippen LogP contribution in [-0.4, -0.2) is 22.9 Å². The minimum atomic E-state index is -0.573. The van der Waals surface area contributed by atoms with Crippen molar-refractivity contribution in [3.8, 4) is 5.69 Å². The van der Waals surface area contributed by atoms with Gasteiger partial charge in [-0.15, -0.1) is 0 Å². The molecule has 1 N–H and O–H groups in total. The van der Waals surface area contributed by atoms with Gasteiger partial charge in [0, 0.05) is 10.5 Å². The highest BCUT2D eigenvalue weighted by Crippen LogP contribution is 2.13. The number of ether oxygens (including phenoxy) is 1. The second-order valence-corrected chi connectivity index (χ2v) is 4.23. The fourth-order valence-electron chi connectivity index (χ4n) is 1.42. The number of hydrogen-bond acceptors (Lipinski definition) is 3. The number of hydrogen-bond donors (Lipinski definition) is 1. The number of nitrogens with zero attached hydrogens (tertiary/aromatic N) is 1. The molecule has 0 bridgehead atoms. The molecule has 0 aliphatic rings. The summed E-state index contributed by atoms with van der Waals surface area (Å²) in [5.41, 5.74) is 0.445. The van der Waals surface area contributed by atoms with E-state index >= 15 is 0 Å². The van der Waals surface area contributed by atoms with E-state index in [1.807, 2.05) is 6.07 Å². The molecular weight excluding hydrogens is 288 g/mol. The summed E-state index contributed by atoms with van der Waals surface area (Å²) in [6.45, 7) is 0. The van der Waals surface area contributed by atoms with Crippen molar-refractivity contribution in [3.63, 3.8) is 0 Å². The summed E-state index contributed by atoms with van der Waals surface area (Å²) in [4.78, 5) is 22.9. The Morgan fingerprint density at radius 3 is 2.82 bits per heavy atom. The van der Waals surface area contributed by atoms with Crippen LogP contribution in [0.4, 0.5) is 0 Å². The first-order valence-corrected chi connectivity index (χ1v) is 5.57. The molecule has 0 aliphatic carbocycles. The van der Waals surface area contributed by atoms with E-state index in [4.69, 9.17) is 0 Å². The number of H-pyrrole nitrogens is 1. The van der Waals surface area contributed by atoms with Gasteiger partial charge in [-0.1, -0.05) is 22.0 Å². The molecule has 0 radical (unpaired) electrons. The lowest BCUT2D eigenvalue weighted by Crippen LogP contribution is -2.13. The Hall–Kier alpha value is -1.82. The Morgan fingerprint density at radius 1 is 1.41 bits per heavy atom. The van der Waals surface area contributed by atoms with Gasteiger partial charge in [-0.2, -0.15) is 0 Å². The quantitative estimate of drug-likeness (QED) is 0.858. The van der Waals surface area contributed by atoms with Crippen LogP contribution in [0, 0.1) is 0 Å². The summed E-state index contributed by atoms with van der Waals surface area (Å²) in [5, 5.41) is 2.68. The van der Waals surface area contributed by atoms with Gasteiger partial charge in [-0.3, -0.25) is 9.89 Å². The van der Waals surface area contributed by atoms with E-state index in [0.29, 0.717) is 5.69 Å². The average molecular weight is 297 g/mol. The number of nitrogens with one attached hydrogen (secondary N) is 1. The lowest BCUT2D eigenvalue weighted by molar-refractivity contribution is 0.0593. The molecule has 2 rings (SSSR count). The molecule has 2 aromatic rings. The van der Waals surface area contributed by atoms with Gasteiger partial charge in [-0.25, -0.2) is 9.48 Å². The normalized spacial score (nSPS) is 10.2. The number of rotatable bonds is 2. The molecule has 0 aliphatic heterocycles. The SMILES string of the molecule is COC(=O)c1cc(=O)n(-c2cccc(Br)c2)[nH]1. The molecule has 6 heteroatoms. The van der Waals surface area contributed by atoms with Crippen molar-refractivity contribution in [2.45, 2.75) is 0 Å². The molecular formula is C11H9BrN2O3. The topological polar surface area (TPSA) is 64.1 Å². The fourth-order valence-corrected chi connectivity index (χ4v) is 1.80. The predicted octanol–water partition coefficient (Wildman–Crippen LogP) is 1.71. The summed E-state index contributed by atoms with van der Waals surface area (Å²) in [5.74, 6) is -0.573. The number of carbonyl (C=O) groups excluding carboxylic acids is 1. The average Bonchev–Trinajstić information content (AvgIpc) is 2.70. The number of aromatic amines is 1. The van der Waals surface area contributed by atoms with E-state index < -0.39 is 5.97 Å². The van der Waals surface area contributed by atoms with E-state index in [1.165, 1.54) is 17.9 Å². The number of methoxy groups -OCH3 is 1. The van der Waals surface area contributed by atoms with Crippen LogP contribution >= 0.6 is 15.9 Å². The third-order valence-electron chi connectivity index (χ3n) is 2.19. The minimum Gasteiger partial charge on any atom is -0.464 e. The van der Waals surface area contributed by atoms with E-state index in [-0.39, 0.29) is 11.3 Å². The van der Waals surface area contributed by atoms with Gasteiger partial charge >= 0.3 is 5.97 Å². The zero-order chi connectivity index (χ0) is 12.4. The van der Waals surface area contributed by atoms with Crippen LogP contribution in [0.3, 0.4) is 0 Å². The van der Waals surface area contributed by atoms with E-state index in [2.05, 4.69) is 25.8 Å². The van der Waals surface area contributed by atoms with Crippen LogP contribution in [-0.2, 0) is 4.74 Å². The van der Waals surface area contributed by atoms with Crippen LogP contribution in [0.2, 0.25) is 0 Å². The molecule has 1 aromatic carbocycles. The Morgan fingerprint density at radius 2 is 2.18 bits per heavy atom. The maximum absolute atomic E-state index is 11.7. The Bertz CT molecular complexity index is 615. The van der Waals surface area contributed by atoms with Gasteiger partial charge < -0.3 is 4.74 Å². The Kier molecular flexibility index (Phi) is 3.14. The first-order chi connectivity index (χ1) is 8.11. The summed E-state index contributed by atoms with van der Waals surface area (Å²) in [7, 11) is 1.26. The van der Waals surface area contributed by atoms with Crippen molar-refractivity contribution in [1.82, 2.24) is 9.78 Å². The van der Waals surface area contributed by atoms with Gasteiger partial charge in [0.15, 0.2) is 0 Å². The molecule has 0 unspecified atom stereocenters. The van der Waals surface area contributed by atoms with Gasteiger partial charge in [0.2, 0.25) is 0 Å². The molecule has 17 heavy (non-hydrogen) atoms. The Balaban J connectivity index is 2.50. The van der Waals surface area contributed by atoms with Crippen LogP contribution < -0.4 is 5.56 Å². The first kappa shape index (κ1) is 11.7. The van der Waals surface area contributed by atoms with Crippen molar-refractivity contribution >= 4 is 21.9 Å². The second kappa shape index (κ2) is 4.58. The third kappa shape index (κ3) is 2.31. The largest absolute Gasteiger partial charge is 0.464 e. The smallest absolute Gasteiger partial charge is 0.356 e. The first-order valence-electron chi connectivity index (χ1n) is 4.78. The Labute approximate surface area is 105 Å². The van der Waals surface area contributed by atoms with Crippen molar-refractivity contribution in [2.24, 2.45) is 0 Å². The molecule has 1 aromatic heterocycles. The van der Waals surface area contributed by atoms with Crippen LogP contribution in [0.5, 0.6) is 0 Å². The van der Waals surface area contributed by atoms with E-state index in [9.17, 15) is 9.59 Å². The highest BCUT2D eigenvalue weighted by Gasteiger charge is 2.11. The van der Waals surface area contributed by atoms with Crippen LogP contribution in [0.1, 0.15) is 10.5 Å². The molecule has 5 nitrogen and oxygen atoms in total. The zero-order valence-electron chi connectivity index (χ0n) is 8.94. The van der Waals surface area contributed by atoms with Gasteiger partial charge in [0.25, 0.3) is 5.56 Å². The monoisotopic (exact) mass is 296 g/mol. The number of esters is 1. The maximum Gasteiger partial charge on any atom is 0.356 e. The molecule has 0 fully saturated rings. The number of benzene rings is 1. The zero-order valence-corrected chi connectivity index (χ0v) is 10.5. The molecule has 0 saturated carbocycles. The van der Waals surface area contributed by atoms with Gasteiger partial charge in [0.05, 0.1) is 12.8 Å². The summed E-state index contributed by atoms with van der Waals surface area (Å²) >= 11 is 3.31. The highest BCUT2D eigenvalue weighted by atomic mass is 79.9. The van der Waals surface area contributed by atoms with Crippen molar-refractivity contribution in [2.75, 3.05) is 7.11 Å². The van der Waals surface area contributed by atoms with Crippen LogP contribution in [0.25, 0.3) is 5.69 Å². The minimum absolute atomic E-state index is 0.123. The second-order valence-electron chi connectivity index (χ2n) is 3.31. The predicted molar refractivity (Wildman–Crippen MR) is 65.4 cm³/mol. The maximum atomic E-state index is 11.7. The summed E-state index contributed by atoms with van der Waals surface area (Å²) in [6, 6.07) is 8.36. The lowest BCUT2D eigenvalue weighted by atomic mass is 10.3. The van der Waals surface area contributed by atoms with Crippen molar-refractivity contribution in [1.29, 1.82) is 0 Å². The van der Waals surface area contributed by atoms with Crippen LogP contribution in [0.15, 0.2) is 39.6 Å². The summed E-state index contributed by atoms with van der Waals surface area (Å²) in [6.07, 6.45) is 0. The molecule has 0 saturated heterocycles. The van der Waals surface area contributed by atoms with Gasteiger partial charge in [0.1, 0.15) is 5.69 Å². The van der Waals surface area contributed by atoms with E-state index in [0.717, 1.165) is 4.47 Å². The molecule has 88 valence electrons. The van der Waals surface area contributed by atoms with Gasteiger partial charge in [-0.05, 0) is 18.2 Å². The number of halogens is 1. The molecule has 0 amide bonds. The molecule has 0 spiro atoms. The number of aromatic nitrogens is 2. The summed E-state index contributed by atoms with van der Waals surface area (Å²) < 4.78 is 6.65. The third-order valence-corrected chi connectivity index (χ3v) is 2.69. The lowest BCUT2D eigenvalue weighted by Gasteiger charge is -2.02. The van der Waals surface area contributed by atoms with Crippen molar-refractivity contribution in [3.05, 3.63) is 50.9 Å². The highest BCUT2D eigenvalue weighted by molar-refractivity contribution is 9.10. The van der Waals surface area contributed by atoms with E-state index in [1.54, 1.807) is 18.2 Å².